The molecular weight excluding hydrogens is 502 g/mol. The molecule has 0 atom stereocenters. The van der Waals surface area contributed by atoms with Gasteiger partial charge in [0.1, 0.15) is 0 Å². The smallest absolute Gasteiger partial charge is 0.0698 e. The van der Waals surface area contributed by atoms with E-state index in [1.165, 1.54) is 0 Å². The third-order valence-corrected chi connectivity index (χ3v) is 4.41. The van der Waals surface area contributed by atoms with Crippen LogP contribution in [-0.2, 0) is 18.9 Å². The second-order valence-corrected chi connectivity index (χ2v) is 10.1. The van der Waals surface area contributed by atoms with Gasteiger partial charge in [-0.2, -0.15) is 0 Å². The summed E-state index contributed by atoms with van der Waals surface area (Å²) in [5.41, 5.74) is 5.21. The number of ether oxygens (including phenoxy) is 4. The first-order valence-electron chi connectivity index (χ1n) is 13.9. The molecule has 4 N–H and O–H groups in total. The molecule has 12 nitrogen and oxygen atoms in total. The van der Waals surface area contributed by atoms with Gasteiger partial charge in [0.25, 0.3) is 0 Å². The summed E-state index contributed by atoms with van der Waals surface area (Å²) in [7, 11) is 22.2. The summed E-state index contributed by atoms with van der Waals surface area (Å²) in [4.78, 5) is 10.5. The number of rotatable bonds is 22. The number of nitrogens with two attached hydrogens (primary N) is 1. The van der Waals surface area contributed by atoms with Crippen LogP contribution in [0.25, 0.3) is 0 Å². The van der Waals surface area contributed by atoms with Gasteiger partial charge in [-0.15, -0.1) is 0 Å². The zero-order chi connectivity index (χ0) is 30.7. The lowest BCUT2D eigenvalue weighted by atomic mass is 10.6. The van der Waals surface area contributed by atoms with Crippen molar-refractivity contribution in [1.82, 2.24) is 29.8 Å². The van der Waals surface area contributed by atoms with Crippen molar-refractivity contribution in [3.05, 3.63) is 0 Å². The lowest BCUT2D eigenvalue weighted by molar-refractivity contribution is 0.0821. The maximum Gasteiger partial charge on any atom is 0.0698 e. The van der Waals surface area contributed by atoms with Crippen LogP contribution in [0.3, 0.4) is 0 Å². The van der Waals surface area contributed by atoms with Crippen LogP contribution in [0.5, 0.6) is 0 Å². The van der Waals surface area contributed by atoms with Gasteiger partial charge < -0.3 is 59.6 Å². The molecule has 0 unspecified atom stereocenters. The van der Waals surface area contributed by atoms with Crippen LogP contribution in [0.4, 0.5) is 0 Å². The van der Waals surface area contributed by atoms with Crippen LogP contribution < -0.4 is 11.1 Å². The Hall–Kier alpha value is -0.480. The Kier molecular flexibility index (Phi) is 46.3. The second kappa shape index (κ2) is 39.7. The fraction of sp³-hybridized carbons (Fsp3) is 1.00. The summed E-state index contributed by atoms with van der Waals surface area (Å²) in [6, 6.07) is 0. The molecule has 12 heteroatoms. The number of aliphatic hydroxyl groups is 1. The van der Waals surface area contributed by atoms with Crippen molar-refractivity contribution >= 4 is 0 Å². The molecule has 0 fully saturated rings. The summed E-state index contributed by atoms with van der Waals surface area (Å²) in [6.07, 6.45) is 0. The molecule has 0 rings (SSSR count). The lowest BCUT2D eigenvalue weighted by Gasteiger charge is -2.12. The van der Waals surface area contributed by atoms with E-state index >= 15 is 0 Å². The first-order chi connectivity index (χ1) is 18.4. The van der Waals surface area contributed by atoms with Gasteiger partial charge in [-0.1, -0.05) is 0 Å². The lowest BCUT2D eigenvalue weighted by Crippen LogP contribution is -2.22. The number of likely N-dealkylation sites (N-methyl/N-ethyl adjacent to an activating group) is 6. The normalized spacial score (nSPS) is 10.9. The summed E-state index contributed by atoms with van der Waals surface area (Å²) >= 11 is 0. The van der Waals surface area contributed by atoms with E-state index in [1.807, 2.05) is 54.2 Å². The maximum absolute atomic E-state index is 8.29. The molecule has 39 heavy (non-hydrogen) atoms. The number of nitrogens with zero attached hydrogens (tertiary/aromatic N) is 5. The van der Waals surface area contributed by atoms with Crippen molar-refractivity contribution in [3.63, 3.8) is 0 Å². The van der Waals surface area contributed by atoms with E-state index in [1.54, 1.807) is 0 Å². The summed E-state index contributed by atoms with van der Waals surface area (Å²) in [6.45, 7) is 12.5. The van der Waals surface area contributed by atoms with Gasteiger partial charge in [-0.05, 0) is 77.5 Å². The molecule has 0 saturated carbocycles. The van der Waals surface area contributed by atoms with E-state index in [9.17, 15) is 0 Å². The van der Waals surface area contributed by atoms with E-state index in [0.717, 1.165) is 72.3 Å². The summed E-state index contributed by atoms with van der Waals surface area (Å²) < 4.78 is 20.8. The average molecular weight is 572 g/mol. The van der Waals surface area contributed by atoms with Crippen LogP contribution in [0.2, 0.25) is 0 Å². The average Bonchev–Trinajstić information content (AvgIpc) is 2.85. The van der Waals surface area contributed by atoms with Gasteiger partial charge in [0.2, 0.25) is 0 Å². The largest absolute Gasteiger partial charge is 0.394 e. The van der Waals surface area contributed by atoms with Gasteiger partial charge in [-0.25, -0.2) is 0 Å². The number of hydrogen-bond donors (Lipinski definition) is 3. The molecule has 0 aromatic rings. The van der Waals surface area contributed by atoms with Gasteiger partial charge in [0, 0.05) is 45.8 Å². The number of nitrogens with one attached hydrogen (secondary N) is 1. The minimum absolute atomic E-state index is 0.118. The molecule has 0 bridgehead atoms. The number of aliphatic hydroxyl groups excluding tert-OH is 1. The van der Waals surface area contributed by atoms with Crippen molar-refractivity contribution in [2.45, 2.75) is 0 Å². The first kappa shape index (κ1) is 45.5. The van der Waals surface area contributed by atoms with Gasteiger partial charge in [0.15, 0.2) is 0 Å². The predicted octanol–water partition coefficient (Wildman–Crippen LogP) is -1.01. The van der Waals surface area contributed by atoms with Crippen molar-refractivity contribution in [3.8, 4) is 0 Å². The zero-order valence-corrected chi connectivity index (χ0v) is 27.7. The highest BCUT2D eigenvalue weighted by Gasteiger charge is 1.92. The Labute approximate surface area is 242 Å². The van der Waals surface area contributed by atoms with Crippen LogP contribution in [0, 0.1) is 0 Å². The molecule has 0 aliphatic heterocycles. The predicted molar refractivity (Wildman–Crippen MR) is 166 cm³/mol. The number of hydrogen-bond acceptors (Lipinski definition) is 12. The van der Waals surface area contributed by atoms with Crippen LogP contribution in [0.1, 0.15) is 0 Å². The third-order valence-electron chi connectivity index (χ3n) is 4.41. The van der Waals surface area contributed by atoms with Crippen molar-refractivity contribution < 1.29 is 24.1 Å². The van der Waals surface area contributed by atoms with Gasteiger partial charge in [-0.3, -0.25) is 0 Å². The Morgan fingerprint density at radius 2 is 0.769 bits per heavy atom. The van der Waals surface area contributed by atoms with Crippen molar-refractivity contribution in [2.75, 3.05) is 183 Å². The highest BCUT2D eigenvalue weighted by atomic mass is 16.5. The van der Waals surface area contributed by atoms with Crippen LogP contribution in [0.15, 0.2) is 0 Å². The molecular formula is C27H69N7O5. The van der Waals surface area contributed by atoms with E-state index < -0.39 is 0 Å². The molecule has 0 aromatic carbocycles. The Bertz CT molecular complexity index is 383. The molecule has 0 aliphatic carbocycles. The monoisotopic (exact) mass is 572 g/mol. The maximum atomic E-state index is 8.29. The van der Waals surface area contributed by atoms with Gasteiger partial charge >= 0.3 is 0 Å². The zero-order valence-electron chi connectivity index (χ0n) is 27.7. The van der Waals surface area contributed by atoms with Crippen molar-refractivity contribution in [2.24, 2.45) is 5.73 Å². The second-order valence-electron chi connectivity index (χ2n) is 10.1. The van der Waals surface area contributed by atoms with Crippen LogP contribution in [-0.4, -0.2) is 212 Å². The van der Waals surface area contributed by atoms with E-state index in [2.05, 4.69) is 53.1 Å². The minimum Gasteiger partial charge on any atom is -0.394 e. The quantitative estimate of drug-likeness (QED) is 0.139. The molecule has 0 aliphatic rings. The first-order valence-corrected chi connectivity index (χ1v) is 13.9. The van der Waals surface area contributed by atoms with E-state index in [4.69, 9.17) is 29.8 Å². The van der Waals surface area contributed by atoms with E-state index in [-0.39, 0.29) is 6.61 Å². The highest BCUT2D eigenvalue weighted by molar-refractivity contribution is 4.44. The molecule has 0 saturated heterocycles. The summed E-state index contributed by atoms with van der Waals surface area (Å²) in [5, 5.41) is 11.3. The Morgan fingerprint density at radius 1 is 0.487 bits per heavy atom. The van der Waals surface area contributed by atoms with E-state index in [0.29, 0.717) is 26.4 Å². The van der Waals surface area contributed by atoms with Crippen molar-refractivity contribution in [1.29, 1.82) is 0 Å². The highest BCUT2D eigenvalue weighted by Crippen LogP contribution is 1.80. The molecule has 0 amide bonds. The van der Waals surface area contributed by atoms with Gasteiger partial charge in [0.05, 0.1) is 59.5 Å². The fourth-order valence-corrected chi connectivity index (χ4v) is 1.97. The minimum atomic E-state index is 0.118. The molecule has 0 radical (unpaired) electrons. The Morgan fingerprint density at radius 3 is 1.03 bits per heavy atom. The molecule has 0 aromatic heterocycles. The standard InChI is InChI=1S/C8H20N2O.C7H18N2O.C6H16N2O.C6H15NO2/c1-9(2)5-7-11-8-6-10(3)4;1-8-4-6-10-7-5-9(2)3;1-8(2)4-6-9-5-3-7;1-7(2)3-5-9-6-4-8/h5-8H2,1-4H3;8H,4-7H2,1-3H3;3-7H2,1-2H3;8H,3-6H2,1-2H3. The molecule has 0 spiro atoms. The SMILES string of the molecule is CN(C)CCOCCN.CN(C)CCOCCN(C)C.CN(C)CCOCCO.CNCCOCCN(C)C. The third kappa shape index (κ3) is 67.3. The fourth-order valence-electron chi connectivity index (χ4n) is 1.97. The Balaban J connectivity index is -0.000000210. The molecule has 242 valence electrons. The van der Waals surface area contributed by atoms with Crippen LogP contribution >= 0.6 is 0 Å². The topological polar surface area (TPSA) is 111 Å². The summed E-state index contributed by atoms with van der Waals surface area (Å²) in [5.74, 6) is 0. The molecule has 0 heterocycles.